The van der Waals surface area contributed by atoms with Crippen LogP contribution in [0.3, 0.4) is 0 Å². The molecule has 162 valence electrons. The van der Waals surface area contributed by atoms with Crippen LogP contribution in [0, 0.1) is 0 Å². The number of nitrogens with one attached hydrogen (secondary N) is 1. The van der Waals surface area contributed by atoms with Gasteiger partial charge in [0.25, 0.3) is 0 Å². The Morgan fingerprint density at radius 1 is 1.03 bits per heavy atom. The summed E-state index contributed by atoms with van der Waals surface area (Å²) in [5.74, 6) is 2.42. The molecule has 2 fully saturated rings. The molecule has 4 rings (SSSR count). The number of rotatable bonds is 9. The maximum atomic E-state index is 12.4. The standard InChI is InChI=1S/C22H32N2O3S.ClH/c25-21-15-28-22(17-10-11-19-20(14-17)27-16-26-19)24(21)13-7-2-1-6-12-23-18-8-4-3-5-9-18;/h10-11,14,18,22-23H,1-9,12-13,15-16H2;1H. The van der Waals surface area contributed by atoms with Gasteiger partial charge >= 0.3 is 0 Å². The van der Waals surface area contributed by atoms with Crippen LogP contribution < -0.4 is 14.8 Å². The number of hydrogen-bond acceptors (Lipinski definition) is 5. The zero-order valence-corrected chi connectivity index (χ0v) is 18.7. The maximum absolute atomic E-state index is 12.4. The van der Waals surface area contributed by atoms with Crippen molar-refractivity contribution in [1.29, 1.82) is 0 Å². The van der Waals surface area contributed by atoms with Gasteiger partial charge in [-0.25, -0.2) is 0 Å². The first-order valence-electron chi connectivity index (χ1n) is 10.9. The monoisotopic (exact) mass is 440 g/mol. The number of carbonyl (C=O) groups is 1. The molecule has 1 saturated carbocycles. The summed E-state index contributed by atoms with van der Waals surface area (Å²) >= 11 is 1.71. The van der Waals surface area contributed by atoms with E-state index in [1.807, 2.05) is 17.0 Å². The highest BCUT2D eigenvalue weighted by molar-refractivity contribution is 8.00. The summed E-state index contributed by atoms with van der Waals surface area (Å²) in [6.07, 6.45) is 11.7. The van der Waals surface area contributed by atoms with E-state index >= 15 is 0 Å². The van der Waals surface area contributed by atoms with E-state index in [0.717, 1.165) is 42.6 Å². The molecule has 1 atom stereocenters. The molecule has 7 heteroatoms. The van der Waals surface area contributed by atoms with Gasteiger partial charge in [-0.05, 0) is 49.9 Å². The summed E-state index contributed by atoms with van der Waals surface area (Å²) in [6, 6.07) is 6.81. The molecule has 1 aromatic rings. The average molecular weight is 441 g/mol. The number of benzene rings is 1. The number of amides is 1. The van der Waals surface area contributed by atoms with Crippen molar-refractivity contribution in [2.45, 2.75) is 69.2 Å². The SMILES string of the molecule is Cl.O=C1CSC(c2ccc3c(c2)OCO3)N1CCCCCCNC1CCCCC1. The Morgan fingerprint density at radius 3 is 2.69 bits per heavy atom. The van der Waals surface area contributed by atoms with Crippen LogP contribution in [-0.2, 0) is 4.79 Å². The third-order valence-electron chi connectivity index (χ3n) is 6.01. The smallest absolute Gasteiger partial charge is 0.233 e. The van der Waals surface area contributed by atoms with Crippen LogP contribution in [0.4, 0.5) is 0 Å². The van der Waals surface area contributed by atoms with Crippen LogP contribution in [0.25, 0.3) is 0 Å². The topological polar surface area (TPSA) is 50.8 Å². The number of thioether (sulfide) groups is 1. The predicted molar refractivity (Wildman–Crippen MR) is 120 cm³/mol. The molecule has 5 nitrogen and oxygen atoms in total. The molecule has 1 saturated heterocycles. The number of halogens is 1. The van der Waals surface area contributed by atoms with Gasteiger partial charge in [-0.2, -0.15) is 0 Å². The Morgan fingerprint density at radius 2 is 1.83 bits per heavy atom. The highest BCUT2D eigenvalue weighted by Crippen LogP contribution is 2.42. The first-order chi connectivity index (χ1) is 13.8. The van der Waals surface area contributed by atoms with Crippen molar-refractivity contribution in [2.24, 2.45) is 0 Å². The van der Waals surface area contributed by atoms with Crippen LogP contribution in [0.15, 0.2) is 18.2 Å². The minimum atomic E-state index is 0. The van der Waals surface area contributed by atoms with Crippen LogP contribution in [0.1, 0.15) is 68.7 Å². The van der Waals surface area contributed by atoms with Gasteiger partial charge in [0.2, 0.25) is 12.7 Å². The van der Waals surface area contributed by atoms with E-state index < -0.39 is 0 Å². The van der Waals surface area contributed by atoms with Crippen LogP contribution in [0.5, 0.6) is 11.5 Å². The van der Waals surface area contributed by atoms with E-state index in [4.69, 9.17) is 9.47 Å². The van der Waals surface area contributed by atoms with E-state index in [1.165, 1.54) is 51.4 Å². The summed E-state index contributed by atoms with van der Waals surface area (Å²) in [4.78, 5) is 14.4. The molecule has 0 spiro atoms. The lowest BCUT2D eigenvalue weighted by atomic mass is 9.95. The first-order valence-corrected chi connectivity index (χ1v) is 11.9. The van der Waals surface area contributed by atoms with Crippen molar-refractivity contribution in [2.75, 3.05) is 25.6 Å². The van der Waals surface area contributed by atoms with Crippen molar-refractivity contribution in [3.63, 3.8) is 0 Å². The van der Waals surface area contributed by atoms with Crippen LogP contribution in [-0.4, -0.2) is 42.5 Å². The molecule has 1 aliphatic carbocycles. The minimum absolute atomic E-state index is 0. The highest BCUT2D eigenvalue weighted by atomic mass is 35.5. The fraction of sp³-hybridized carbons (Fsp3) is 0.682. The number of hydrogen-bond donors (Lipinski definition) is 1. The van der Waals surface area contributed by atoms with Crippen molar-refractivity contribution >= 4 is 30.1 Å². The molecular formula is C22H33ClN2O3S. The Hall–Kier alpha value is -1.11. The van der Waals surface area contributed by atoms with E-state index in [-0.39, 0.29) is 30.5 Å². The summed E-state index contributed by atoms with van der Waals surface area (Å²) < 4.78 is 10.9. The second-order valence-corrected chi connectivity index (χ2v) is 9.13. The summed E-state index contributed by atoms with van der Waals surface area (Å²) in [5.41, 5.74) is 1.14. The molecule has 0 radical (unpaired) electrons. The lowest BCUT2D eigenvalue weighted by Crippen LogP contribution is -2.31. The second-order valence-electron chi connectivity index (χ2n) is 8.07. The minimum Gasteiger partial charge on any atom is -0.454 e. The van der Waals surface area contributed by atoms with Gasteiger partial charge in [-0.3, -0.25) is 4.79 Å². The summed E-state index contributed by atoms with van der Waals surface area (Å²) in [7, 11) is 0. The quantitative estimate of drug-likeness (QED) is 0.554. The normalized spacial score (nSPS) is 21.4. The van der Waals surface area contributed by atoms with Crippen LogP contribution in [0.2, 0.25) is 0 Å². The average Bonchev–Trinajstić information content (AvgIpc) is 3.34. The zero-order valence-electron chi connectivity index (χ0n) is 17.1. The summed E-state index contributed by atoms with van der Waals surface area (Å²) in [6.45, 7) is 2.28. The molecular weight excluding hydrogens is 408 g/mol. The highest BCUT2D eigenvalue weighted by Gasteiger charge is 2.33. The third-order valence-corrected chi connectivity index (χ3v) is 7.27. The molecule has 29 heavy (non-hydrogen) atoms. The van der Waals surface area contributed by atoms with Gasteiger partial charge in [0, 0.05) is 12.6 Å². The third kappa shape index (κ3) is 5.96. The maximum Gasteiger partial charge on any atom is 0.233 e. The largest absolute Gasteiger partial charge is 0.454 e. The fourth-order valence-electron chi connectivity index (χ4n) is 4.41. The van der Waals surface area contributed by atoms with Crippen molar-refractivity contribution < 1.29 is 14.3 Å². The number of fused-ring (bicyclic) bond motifs is 1. The molecule has 1 unspecified atom stereocenters. The molecule has 0 aromatic heterocycles. The Bertz CT molecular complexity index is 669. The van der Waals surface area contributed by atoms with Gasteiger partial charge in [0.05, 0.1) is 5.75 Å². The van der Waals surface area contributed by atoms with Gasteiger partial charge in [-0.15, -0.1) is 24.2 Å². The molecule has 1 N–H and O–H groups in total. The molecule has 1 amide bonds. The molecule has 1 aromatic carbocycles. The van der Waals surface area contributed by atoms with Gasteiger partial charge in [0.15, 0.2) is 11.5 Å². The van der Waals surface area contributed by atoms with E-state index in [0.29, 0.717) is 5.75 Å². The lowest BCUT2D eigenvalue weighted by Gasteiger charge is -2.24. The predicted octanol–water partition coefficient (Wildman–Crippen LogP) is 4.89. The Kier molecular flexibility index (Phi) is 8.82. The number of nitrogens with zero attached hydrogens (tertiary/aromatic N) is 1. The second kappa shape index (κ2) is 11.3. The van der Waals surface area contributed by atoms with Gasteiger partial charge < -0.3 is 19.7 Å². The molecule has 3 aliphatic rings. The Balaban J connectivity index is 0.00000240. The molecule has 0 bridgehead atoms. The number of unbranched alkanes of at least 4 members (excludes halogenated alkanes) is 3. The zero-order chi connectivity index (χ0) is 19.2. The summed E-state index contributed by atoms with van der Waals surface area (Å²) in [5, 5.41) is 3.83. The van der Waals surface area contributed by atoms with E-state index in [9.17, 15) is 4.79 Å². The van der Waals surface area contributed by atoms with Gasteiger partial charge in [0.1, 0.15) is 5.37 Å². The Labute approximate surface area is 184 Å². The number of ether oxygens (including phenoxy) is 2. The van der Waals surface area contributed by atoms with E-state index in [2.05, 4.69) is 11.4 Å². The molecule has 2 aliphatic heterocycles. The van der Waals surface area contributed by atoms with Gasteiger partial charge in [-0.1, -0.05) is 38.2 Å². The van der Waals surface area contributed by atoms with Crippen molar-refractivity contribution in [3.8, 4) is 11.5 Å². The van der Waals surface area contributed by atoms with E-state index in [1.54, 1.807) is 11.8 Å². The lowest BCUT2D eigenvalue weighted by molar-refractivity contribution is -0.128. The first kappa shape index (κ1) is 22.6. The van der Waals surface area contributed by atoms with Crippen molar-refractivity contribution in [1.82, 2.24) is 10.2 Å². The fourth-order valence-corrected chi connectivity index (χ4v) is 5.62. The van der Waals surface area contributed by atoms with Crippen LogP contribution >= 0.6 is 24.2 Å². The molecule has 2 heterocycles. The van der Waals surface area contributed by atoms with Crippen molar-refractivity contribution in [3.05, 3.63) is 23.8 Å². The number of carbonyl (C=O) groups excluding carboxylic acids is 1.